The summed E-state index contributed by atoms with van der Waals surface area (Å²) in [5.74, 6) is 0.711. The topological polar surface area (TPSA) is 77.2 Å². The highest BCUT2D eigenvalue weighted by Crippen LogP contribution is 2.80. The van der Waals surface area contributed by atoms with Crippen LogP contribution in [-0.2, 0) is 14.4 Å². The van der Waals surface area contributed by atoms with Gasteiger partial charge >= 0.3 is 0 Å². The van der Waals surface area contributed by atoms with Gasteiger partial charge in [-0.05, 0) is 78.9 Å². The van der Waals surface area contributed by atoms with Crippen molar-refractivity contribution >= 4 is 63.0 Å². The fraction of sp³-hybridized carbons (Fsp3) is 0.912. The lowest BCUT2D eigenvalue weighted by Gasteiger charge is -2.78. The molecule has 0 aromatic heterocycles. The summed E-state index contributed by atoms with van der Waals surface area (Å²) in [6.07, 6.45) is 9.29. The number of hydrogen-bond acceptors (Lipinski definition) is 4. The SMILES string of the molecule is CC.CC.CC1(C)CCC2(C=O)CC[C@@]3(C)C4(C)CC[C@@]5(I)C(C)(C)C(=O)CCC5(C)C4CC(=O)C3(N)C2(I)C1. The van der Waals surface area contributed by atoms with Crippen molar-refractivity contribution in [3.05, 3.63) is 0 Å². The van der Waals surface area contributed by atoms with Crippen molar-refractivity contribution in [3.63, 3.8) is 0 Å². The maximum absolute atomic E-state index is 14.7. The molecule has 0 bridgehead atoms. The van der Waals surface area contributed by atoms with E-state index in [2.05, 4.69) is 93.6 Å². The molecular formula is C34H57I2NO3. The molecule has 0 aromatic carbocycles. The van der Waals surface area contributed by atoms with E-state index in [0.29, 0.717) is 18.6 Å². The third-order valence-electron chi connectivity index (χ3n) is 13.6. The van der Waals surface area contributed by atoms with Crippen LogP contribution >= 0.6 is 45.2 Å². The maximum atomic E-state index is 14.7. The summed E-state index contributed by atoms with van der Waals surface area (Å²) in [6, 6.07) is 0. The van der Waals surface area contributed by atoms with Crippen LogP contribution in [0, 0.1) is 38.4 Å². The van der Waals surface area contributed by atoms with Crippen LogP contribution in [0.2, 0.25) is 0 Å². The first kappa shape index (κ1) is 34.9. The van der Waals surface area contributed by atoms with Gasteiger partial charge in [-0.3, -0.25) is 9.59 Å². The molecule has 5 rings (SSSR count). The van der Waals surface area contributed by atoms with E-state index in [1.807, 2.05) is 27.7 Å². The van der Waals surface area contributed by atoms with Crippen molar-refractivity contribution < 1.29 is 14.4 Å². The van der Waals surface area contributed by atoms with Crippen molar-refractivity contribution in [3.8, 4) is 0 Å². The van der Waals surface area contributed by atoms with E-state index in [1.54, 1.807) is 0 Å². The first-order valence-corrected chi connectivity index (χ1v) is 18.1. The van der Waals surface area contributed by atoms with Crippen molar-refractivity contribution in [2.45, 2.75) is 153 Å². The van der Waals surface area contributed by atoms with E-state index < -0.39 is 25.2 Å². The average molecular weight is 782 g/mol. The van der Waals surface area contributed by atoms with Crippen LogP contribution < -0.4 is 5.73 Å². The number of carbonyl (C=O) groups is 3. The predicted molar refractivity (Wildman–Crippen MR) is 183 cm³/mol. The molecule has 5 aliphatic rings. The molecule has 0 heterocycles. The molecule has 0 aliphatic heterocycles. The van der Waals surface area contributed by atoms with Crippen LogP contribution in [0.25, 0.3) is 0 Å². The molecule has 5 fully saturated rings. The Hall–Kier alpha value is 0.430. The van der Waals surface area contributed by atoms with E-state index in [4.69, 9.17) is 5.73 Å². The van der Waals surface area contributed by atoms with E-state index >= 15 is 0 Å². The summed E-state index contributed by atoms with van der Waals surface area (Å²) in [7, 11) is 0. The number of hydrogen-bond donors (Lipinski definition) is 1. The van der Waals surface area contributed by atoms with Gasteiger partial charge in [0.15, 0.2) is 5.78 Å². The fourth-order valence-electron chi connectivity index (χ4n) is 10.8. The third-order valence-corrected chi connectivity index (χ3v) is 19.1. The van der Waals surface area contributed by atoms with E-state index in [-0.39, 0.29) is 31.4 Å². The van der Waals surface area contributed by atoms with E-state index in [1.165, 1.54) is 6.29 Å². The molecule has 6 unspecified atom stereocenters. The predicted octanol–water partition coefficient (Wildman–Crippen LogP) is 9.06. The highest BCUT2D eigenvalue weighted by atomic mass is 127. The van der Waals surface area contributed by atoms with Gasteiger partial charge in [0.25, 0.3) is 0 Å². The molecule has 2 N–H and O–H groups in total. The number of ketones is 2. The van der Waals surface area contributed by atoms with Gasteiger partial charge in [-0.2, -0.15) is 0 Å². The van der Waals surface area contributed by atoms with Crippen LogP contribution in [0.3, 0.4) is 0 Å². The Labute approximate surface area is 272 Å². The first-order chi connectivity index (χ1) is 18.3. The number of rotatable bonds is 1. The van der Waals surface area contributed by atoms with Gasteiger partial charge < -0.3 is 10.5 Å². The average Bonchev–Trinajstić information content (AvgIpc) is 2.90. The molecule has 0 saturated heterocycles. The van der Waals surface area contributed by atoms with Gasteiger partial charge in [0.1, 0.15) is 12.1 Å². The summed E-state index contributed by atoms with van der Waals surface area (Å²) in [5.41, 5.74) is 5.02. The molecular weight excluding hydrogens is 724 g/mol. The van der Waals surface area contributed by atoms with Gasteiger partial charge in [0.2, 0.25) is 0 Å². The highest BCUT2D eigenvalue weighted by molar-refractivity contribution is 14.1. The molecule has 8 atom stereocenters. The minimum absolute atomic E-state index is 0.0417. The van der Waals surface area contributed by atoms with Crippen LogP contribution in [0.15, 0.2) is 0 Å². The van der Waals surface area contributed by atoms with Gasteiger partial charge in [0.05, 0.1) is 8.96 Å². The number of fused-ring (bicyclic) bond motifs is 7. The maximum Gasteiger partial charge on any atom is 0.154 e. The van der Waals surface area contributed by atoms with E-state index in [0.717, 1.165) is 51.4 Å². The normalized spacial score (nSPS) is 50.3. The molecule has 4 nitrogen and oxygen atoms in total. The number of Topliss-reactive ketones (excluding diaryl/α,β-unsaturated/α-hetero) is 2. The lowest BCUT2D eigenvalue weighted by molar-refractivity contribution is -0.221. The molecule has 0 aromatic rings. The molecule has 230 valence electrons. The number of halogens is 2. The lowest BCUT2D eigenvalue weighted by atomic mass is 9.29. The zero-order chi connectivity index (χ0) is 31.0. The number of alkyl halides is 2. The van der Waals surface area contributed by atoms with Crippen LogP contribution in [0.1, 0.15) is 140 Å². The largest absolute Gasteiger partial charge is 0.317 e. The standard InChI is InChI=1S/C30H45I2NO3.2C2H6/c1-22(2)10-13-27(18-34)14-12-26(7)24(5)11-15-28(31)23(3,4)20(35)8-9-25(28,6)19(24)16-21(36)30(26,33)29(27,32)17-22;2*1-2/h18-19H,8-17,33H2,1-7H3;2*1-2H3/t19?,24?,25?,26-,27?,28+,29?,30?;;/m0../s1. The summed E-state index contributed by atoms with van der Waals surface area (Å²) in [6.45, 7) is 24.0. The second kappa shape index (κ2) is 10.5. The molecule has 6 heteroatoms. The fourth-order valence-corrected chi connectivity index (χ4v) is 14.6. The first-order valence-electron chi connectivity index (χ1n) is 16.0. The summed E-state index contributed by atoms with van der Waals surface area (Å²) in [5, 5.41) is 0. The Morgan fingerprint density at radius 2 is 1.27 bits per heavy atom. The monoisotopic (exact) mass is 781 g/mol. The van der Waals surface area contributed by atoms with Crippen LogP contribution in [-0.4, -0.2) is 30.2 Å². The zero-order valence-electron chi connectivity index (χ0n) is 27.3. The Morgan fingerprint density at radius 1 is 0.725 bits per heavy atom. The summed E-state index contributed by atoms with van der Waals surface area (Å²) in [4.78, 5) is 40.8. The minimum atomic E-state index is -1.05. The minimum Gasteiger partial charge on any atom is -0.317 e. The smallest absolute Gasteiger partial charge is 0.154 e. The molecule has 0 radical (unpaired) electrons. The van der Waals surface area contributed by atoms with Gasteiger partial charge in [-0.15, -0.1) is 0 Å². The molecule has 0 spiro atoms. The van der Waals surface area contributed by atoms with Crippen molar-refractivity contribution in [2.75, 3.05) is 0 Å². The Kier molecular flexibility index (Phi) is 9.18. The second-order valence-corrected chi connectivity index (χ2v) is 19.1. The van der Waals surface area contributed by atoms with Crippen molar-refractivity contribution in [1.82, 2.24) is 0 Å². The second-order valence-electron chi connectivity index (χ2n) is 15.4. The Balaban J connectivity index is 0.00000106. The number of aldehydes is 1. The van der Waals surface area contributed by atoms with Crippen molar-refractivity contribution in [2.24, 2.45) is 44.1 Å². The van der Waals surface area contributed by atoms with Crippen LogP contribution in [0.5, 0.6) is 0 Å². The lowest BCUT2D eigenvalue weighted by Crippen LogP contribution is -2.86. The van der Waals surface area contributed by atoms with Gasteiger partial charge in [0, 0.05) is 27.1 Å². The van der Waals surface area contributed by atoms with Crippen molar-refractivity contribution in [1.29, 1.82) is 0 Å². The number of carbonyl (C=O) groups excluding carboxylic acids is 3. The van der Waals surface area contributed by atoms with Gasteiger partial charge in [-0.1, -0.05) is 121 Å². The van der Waals surface area contributed by atoms with Crippen LogP contribution in [0.4, 0.5) is 0 Å². The summed E-state index contributed by atoms with van der Waals surface area (Å²) >= 11 is 5.16. The Bertz CT molecular complexity index is 1060. The highest BCUT2D eigenvalue weighted by Gasteiger charge is 2.82. The summed E-state index contributed by atoms with van der Waals surface area (Å²) < 4.78 is -0.778. The molecule has 5 aliphatic carbocycles. The van der Waals surface area contributed by atoms with Gasteiger partial charge in [-0.25, -0.2) is 0 Å². The van der Waals surface area contributed by atoms with E-state index in [9.17, 15) is 14.4 Å². The molecule has 0 amide bonds. The molecule has 40 heavy (non-hydrogen) atoms. The Morgan fingerprint density at radius 3 is 1.82 bits per heavy atom. The third kappa shape index (κ3) is 3.84. The quantitative estimate of drug-likeness (QED) is 0.164. The molecule has 5 saturated carbocycles. The zero-order valence-corrected chi connectivity index (χ0v) is 31.6. The number of nitrogens with two attached hydrogens (primary N) is 1.